The number of benzene rings is 2. The summed E-state index contributed by atoms with van der Waals surface area (Å²) in [6.07, 6.45) is 6.64. The molecule has 2 N–H and O–H groups in total. The number of aromatic nitrogens is 1. The highest BCUT2D eigenvalue weighted by Crippen LogP contribution is 2.41. The van der Waals surface area contributed by atoms with E-state index < -0.39 is 15.9 Å². The number of ether oxygens (including phenoxy) is 3. The molecule has 2 atom stereocenters. The van der Waals surface area contributed by atoms with E-state index in [9.17, 15) is 13.2 Å². The first-order valence-corrected chi connectivity index (χ1v) is 15.8. The molecule has 2 aliphatic heterocycles. The number of rotatable bonds is 6. The van der Waals surface area contributed by atoms with Crippen molar-refractivity contribution in [2.24, 2.45) is 0 Å². The van der Waals surface area contributed by atoms with Crippen molar-refractivity contribution in [1.82, 2.24) is 14.6 Å². The summed E-state index contributed by atoms with van der Waals surface area (Å²) in [4.78, 5) is 18.6. The van der Waals surface area contributed by atoms with Crippen molar-refractivity contribution in [3.05, 3.63) is 58.8 Å². The molecule has 1 saturated heterocycles. The fraction of sp³-hybridized carbons (Fsp3) is 0.500. The van der Waals surface area contributed by atoms with Crippen molar-refractivity contribution in [2.45, 2.75) is 64.6 Å². The van der Waals surface area contributed by atoms with Crippen LogP contribution >= 0.6 is 0 Å². The van der Waals surface area contributed by atoms with Gasteiger partial charge in [0, 0.05) is 59.5 Å². The smallest absolute Gasteiger partial charge is 0.264 e. The zero-order valence-corrected chi connectivity index (χ0v) is 24.3. The van der Waals surface area contributed by atoms with Gasteiger partial charge in [-0.05, 0) is 75.8 Å². The molecule has 9 nitrogen and oxygen atoms in total. The van der Waals surface area contributed by atoms with E-state index >= 15 is 0 Å². The van der Waals surface area contributed by atoms with Gasteiger partial charge < -0.3 is 19.2 Å². The molecule has 3 heterocycles. The van der Waals surface area contributed by atoms with E-state index in [1.54, 1.807) is 19.2 Å². The molecule has 1 fully saturated rings. The van der Waals surface area contributed by atoms with Crippen molar-refractivity contribution in [2.75, 3.05) is 32.6 Å². The summed E-state index contributed by atoms with van der Waals surface area (Å²) < 4.78 is 44.7. The normalized spacial score (nSPS) is 20.6. The third-order valence-electron chi connectivity index (χ3n) is 8.02. The number of piperidine rings is 1. The molecule has 40 heavy (non-hydrogen) atoms. The van der Waals surface area contributed by atoms with Crippen molar-refractivity contribution < 1.29 is 27.4 Å². The maximum Gasteiger partial charge on any atom is 0.264 e. The van der Waals surface area contributed by atoms with Crippen molar-refractivity contribution >= 4 is 26.8 Å². The number of fused-ring (bicyclic) bond motifs is 5. The average molecular weight is 570 g/mol. The molecule has 2 aromatic carbocycles. The number of carbonyl (C=O) groups excluding carboxylic acids is 1. The van der Waals surface area contributed by atoms with Gasteiger partial charge in [0.05, 0.1) is 25.6 Å². The molecule has 0 saturated carbocycles. The number of hydrogen-bond acceptors (Lipinski definition) is 7. The average Bonchev–Trinajstić information content (AvgIpc) is 3.44. The molecule has 0 aliphatic carbocycles. The molecule has 0 radical (unpaired) electrons. The van der Waals surface area contributed by atoms with Gasteiger partial charge in [-0.3, -0.25) is 9.69 Å². The Balaban J connectivity index is 1.53. The highest BCUT2D eigenvalue weighted by Gasteiger charge is 2.33. The number of amides is 1. The molecule has 2 aliphatic rings. The predicted octanol–water partition coefficient (Wildman–Crippen LogP) is 4.85. The third-order valence-corrected chi connectivity index (χ3v) is 9.28. The van der Waals surface area contributed by atoms with E-state index in [0.717, 1.165) is 78.6 Å². The molecule has 0 unspecified atom stereocenters. The van der Waals surface area contributed by atoms with Gasteiger partial charge in [-0.2, -0.15) is 0 Å². The lowest BCUT2D eigenvalue weighted by Gasteiger charge is -2.40. The summed E-state index contributed by atoms with van der Waals surface area (Å²) in [7, 11) is -1.97. The Hall–Kier alpha value is -3.08. The molecule has 2 bridgehead atoms. The highest BCUT2D eigenvalue weighted by molar-refractivity contribution is 7.90. The summed E-state index contributed by atoms with van der Waals surface area (Å²) >= 11 is 0. The predicted molar refractivity (Wildman–Crippen MR) is 154 cm³/mol. The van der Waals surface area contributed by atoms with Gasteiger partial charge >= 0.3 is 0 Å². The zero-order chi connectivity index (χ0) is 28.3. The first-order valence-electron chi connectivity index (χ1n) is 14.1. The number of hydrogen-bond donors (Lipinski definition) is 2. The summed E-state index contributed by atoms with van der Waals surface area (Å²) in [6, 6.07) is 9.44. The van der Waals surface area contributed by atoms with E-state index in [4.69, 9.17) is 14.2 Å². The van der Waals surface area contributed by atoms with E-state index in [1.807, 2.05) is 12.3 Å². The van der Waals surface area contributed by atoms with Crippen LogP contribution in [0.25, 0.3) is 10.9 Å². The van der Waals surface area contributed by atoms with Gasteiger partial charge in [0.25, 0.3) is 5.91 Å². The molecular weight excluding hydrogens is 530 g/mol. The molecule has 0 spiro atoms. The summed E-state index contributed by atoms with van der Waals surface area (Å²) in [5.74, 6) is 0.646. The lowest BCUT2D eigenvalue weighted by Crippen LogP contribution is -2.40. The van der Waals surface area contributed by atoms with Gasteiger partial charge in [-0.1, -0.05) is 6.07 Å². The molecule has 1 aromatic heterocycles. The van der Waals surface area contributed by atoms with Crippen LogP contribution in [0, 0.1) is 6.92 Å². The maximum absolute atomic E-state index is 12.8. The number of aryl methyl sites for hydroxylation is 1. The molecule has 1 amide bonds. The minimum absolute atomic E-state index is 0.0235. The number of nitrogens with zero attached hydrogens (tertiary/aromatic N) is 1. The van der Waals surface area contributed by atoms with Gasteiger partial charge in [0.15, 0.2) is 0 Å². The summed E-state index contributed by atoms with van der Waals surface area (Å²) in [5, 5.41) is 1.14. The Labute approximate surface area is 236 Å². The first kappa shape index (κ1) is 28.4. The number of nitrogens with one attached hydrogen (secondary N) is 2. The minimum Gasteiger partial charge on any atom is -0.496 e. The molecule has 3 aromatic rings. The Morgan fingerprint density at radius 3 is 2.80 bits per heavy atom. The molecular formula is C30H39N3O6S. The third kappa shape index (κ3) is 6.14. The number of aromatic amines is 1. The number of sulfonamides is 1. The van der Waals surface area contributed by atoms with E-state index in [0.29, 0.717) is 18.9 Å². The van der Waals surface area contributed by atoms with Gasteiger partial charge in [0.1, 0.15) is 11.5 Å². The zero-order valence-electron chi connectivity index (χ0n) is 23.5. The minimum atomic E-state index is -3.68. The fourth-order valence-corrected chi connectivity index (χ4v) is 6.34. The van der Waals surface area contributed by atoms with Crippen LogP contribution in [0.2, 0.25) is 0 Å². The van der Waals surface area contributed by atoms with Crippen LogP contribution in [0.4, 0.5) is 0 Å². The van der Waals surface area contributed by atoms with E-state index in [1.165, 1.54) is 6.92 Å². The SMILES string of the molecule is CCS(=O)(=O)NC(=O)c1ccc2c(c1)OCCCCCO[C@H]1CCN(Cc3c(OC)cc(C)c4[nH]ccc34)[C@H]2C1. The topological polar surface area (TPSA) is 110 Å². The van der Waals surface area contributed by atoms with Gasteiger partial charge in [-0.25, -0.2) is 13.1 Å². The Morgan fingerprint density at radius 2 is 2.00 bits per heavy atom. The van der Waals surface area contributed by atoms with Crippen LogP contribution in [0.3, 0.4) is 0 Å². The number of H-pyrrole nitrogens is 1. The standard InChI is InChI=1S/C30H39N3O6S/c1-4-40(35,36)32-30(34)21-8-9-24-26-18-22(38-14-6-5-7-15-39-28(24)17-21)11-13-33(26)19-25-23-10-12-31-29(23)20(2)16-27(25)37-3/h8-10,12,16-17,22,26,31H,4-7,11,13-15,18-19H2,1-3H3,(H,32,34)/t22-,26-/m0/s1. The monoisotopic (exact) mass is 569 g/mol. The Kier molecular flexibility index (Phi) is 8.68. The van der Waals surface area contributed by atoms with Gasteiger partial charge in [0.2, 0.25) is 10.0 Å². The summed E-state index contributed by atoms with van der Waals surface area (Å²) in [5.41, 5.74) is 4.59. The van der Waals surface area contributed by atoms with Crippen LogP contribution in [-0.4, -0.2) is 62.9 Å². The van der Waals surface area contributed by atoms with Crippen molar-refractivity contribution in [1.29, 1.82) is 0 Å². The second kappa shape index (κ2) is 12.2. The van der Waals surface area contributed by atoms with Crippen molar-refractivity contribution in [3.63, 3.8) is 0 Å². The van der Waals surface area contributed by atoms with Crippen molar-refractivity contribution in [3.8, 4) is 11.5 Å². The van der Waals surface area contributed by atoms with Crippen LogP contribution in [0.15, 0.2) is 36.5 Å². The van der Waals surface area contributed by atoms with E-state index in [2.05, 4.69) is 33.7 Å². The Bertz CT molecular complexity index is 1470. The van der Waals surface area contributed by atoms with E-state index in [-0.39, 0.29) is 23.5 Å². The second-order valence-corrected chi connectivity index (χ2v) is 12.7. The van der Waals surface area contributed by atoms with Crippen LogP contribution in [0.5, 0.6) is 11.5 Å². The molecule has 5 rings (SSSR count). The van der Waals surface area contributed by atoms with Crippen LogP contribution < -0.4 is 14.2 Å². The maximum atomic E-state index is 12.8. The number of likely N-dealkylation sites (tertiary alicyclic amines) is 1. The number of methoxy groups -OCH3 is 1. The first-order chi connectivity index (χ1) is 19.3. The fourth-order valence-electron chi connectivity index (χ4n) is 5.79. The number of carbonyl (C=O) groups is 1. The summed E-state index contributed by atoms with van der Waals surface area (Å²) in [6.45, 7) is 6.33. The highest BCUT2D eigenvalue weighted by atomic mass is 32.2. The van der Waals surface area contributed by atoms with Crippen LogP contribution in [-0.2, 0) is 21.3 Å². The van der Waals surface area contributed by atoms with Gasteiger partial charge in [-0.15, -0.1) is 0 Å². The lowest BCUT2D eigenvalue weighted by molar-refractivity contribution is -0.0216. The largest absolute Gasteiger partial charge is 0.496 e. The molecule has 216 valence electrons. The molecule has 10 heteroatoms. The quantitative estimate of drug-likeness (QED) is 0.437. The lowest BCUT2D eigenvalue weighted by atomic mass is 9.90. The Morgan fingerprint density at radius 1 is 1.18 bits per heavy atom. The second-order valence-electron chi connectivity index (χ2n) is 10.6. The van der Waals surface area contributed by atoms with Crippen LogP contribution in [0.1, 0.15) is 72.1 Å².